The first-order valence-electron chi connectivity index (χ1n) is 11.8. The van der Waals surface area contributed by atoms with Crippen LogP contribution in [0.1, 0.15) is 39.5 Å². The van der Waals surface area contributed by atoms with E-state index in [4.69, 9.17) is 9.47 Å². The number of carbonyl (C=O) groups is 2. The number of para-hydroxylation sites is 1. The van der Waals surface area contributed by atoms with E-state index in [9.17, 15) is 20.0 Å². The van der Waals surface area contributed by atoms with E-state index < -0.39 is 11.9 Å². The first-order valence-corrected chi connectivity index (χ1v) is 12.6. The van der Waals surface area contributed by atoms with Crippen LogP contribution in [-0.2, 0) is 16.1 Å². The fourth-order valence-electron chi connectivity index (χ4n) is 3.63. The largest absolute Gasteiger partial charge is 0.506 e. The summed E-state index contributed by atoms with van der Waals surface area (Å²) in [6, 6.07) is 23.4. The predicted molar refractivity (Wildman–Crippen MR) is 147 cm³/mol. The summed E-state index contributed by atoms with van der Waals surface area (Å²) >= 11 is 0.998. The number of amides is 1. The molecule has 0 saturated heterocycles. The van der Waals surface area contributed by atoms with Crippen LogP contribution in [0.15, 0.2) is 94.0 Å². The Hall–Kier alpha value is -4.61. The highest BCUT2D eigenvalue weighted by Crippen LogP contribution is 2.40. The number of thioether (sulfide) groups is 1. The monoisotopic (exact) mass is 524 g/mol. The summed E-state index contributed by atoms with van der Waals surface area (Å²) < 4.78 is 11.1. The molecule has 0 aromatic heterocycles. The number of ether oxygens (including phenoxy) is 2. The summed E-state index contributed by atoms with van der Waals surface area (Å²) in [6.07, 6.45) is 1.66. The molecule has 1 aliphatic rings. The summed E-state index contributed by atoms with van der Waals surface area (Å²) in [5, 5.41) is 20.4. The maximum absolute atomic E-state index is 12.8. The molecule has 1 heterocycles. The Morgan fingerprint density at radius 1 is 1.05 bits per heavy atom. The van der Waals surface area contributed by atoms with Gasteiger partial charge < -0.3 is 14.6 Å². The molecule has 3 aromatic rings. The Morgan fingerprint density at radius 3 is 2.50 bits per heavy atom. The van der Waals surface area contributed by atoms with Gasteiger partial charge in [0.25, 0.3) is 5.91 Å². The fourth-order valence-corrected chi connectivity index (χ4v) is 4.63. The third-order valence-corrected chi connectivity index (χ3v) is 6.62. The van der Waals surface area contributed by atoms with Crippen molar-refractivity contribution < 1.29 is 24.2 Å². The van der Waals surface area contributed by atoms with Crippen molar-refractivity contribution in [3.05, 3.63) is 117 Å². The molecule has 38 heavy (non-hydrogen) atoms. The van der Waals surface area contributed by atoms with Gasteiger partial charge in [-0.15, -0.1) is 0 Å². The number of hydrogen-bond donors (Lipinski definition) is 1. The maximum Gasteiger partial charge on any atom is 0.344 e. The van der Waals surface area contributed by atoms with Crippen LogP contribution in [0.2, 0.25) is 0 Å². The van der Waals surface area contributed by atoms with E-state index in [1.54, 1.807) is 61.5 Å². The van der Waals surface area contributed by atoms with Gasteiger partial charge in [0, 0.05) is 16.7 Å². The lowest BCUT2D eigenvalue weighted by molar-refractivity contribution is -0.138. The highest BCUT2D eigenvalue weighted by Gasteiger charge is 2.34. The molecule has 0 atom stereocenters. The number of aliphatic hydroxyl groups excluding tert-OH is 1. The number of rotatable bonds is 7. The Bertz CT molecular complexity index is 1510. The lowest BCUT2D eigenvalue weighted by Gasteiger charge is -2.11. The molecule has 3 aromatic carbocycles. The van der Waals surface area contributed by atoms with Gasteiger partial charge in [0.2, 0.25) is 0 Å². The molecule has 0 spiro atoms. The summed E-state index contributed by atoms with van der Waals surface area (Å²) in [4.78, 5) is 30.0. The quantitative estimate of drug-likeness (QED) is 0.369. The third kappa shape index (κ3) is 6.02. The third-order valence-electron chi connectivity index (χ3n) is 5.60. The van der Waals surface area contributed by atoms with Crippen molar-refractivity contribution in [2.75, 3.05) is 6.61 Å². The Morgan fingerprint density at radius 2 is 1.76 bits per heavy atom. The molecular formula is C30H24N2O5S. The molecule has 8 heteroatoms. The molecule has 0 radical (unpaired) electrons. The standard InChI is InChI=1S/C30H24N2O5S/c1-3-36-30(35)26-27(33)25(38-29(26)32-28(34)20-14-12-19(2)13-15-20)16-21-8-6-7-11-24(21)37-18-23-10-5-4-9-22(23)17-31/h4-16,33H,3,18H2,1-2H3/b25-16-,32-29?. The van der Waals surface area contributed by atoms with Crippen molar-refractivity contribution >= 4 is 34.8 Å². The molecule has 0 saturated carbocycles. The van der Waals surface area contributed by atoms with E-state index in [2.05, 4.69) is 11.1 Å². The number of aliphatic imine (C=N–C) groups is 1. The van der Waals surface area contributed by atoms with E-state index in [1.165, 1.54) is 0 Å². The van der Waals surface area contributed by atoms with Crippen molar-refractivity contribution in [2.45, 2.75) is 20.5 Å². The molecule has 1 amide bonds. The van der Waals surface area contributed by atoms with Crippen LogP contribution in [-0.4, -0.2) is 28.6 Å². The number of carbonyl (C=O) groups excluding carboxylic acids is 2. The average Bonchev–Trinajstić information content (AvgIpc) is 3.22. The lowest BCUT2D eigenvalue weighted by Crippen LogP contribution is -2.14. The highest BCUT2D eigenvalue weighted by molar-refractivity contribution is 8.18. The van der Waals surface area contributed by atoms with Gasteiger partial charge in [0.1, 0.15) is 28.7 Å². The number of nitriles is 1. The van der Waals surface area contributed by atoms with Crippen molar-refractivity contribution in [2.24, 2.45) is 4.99 Å². The first kappa shape index (κ1) is 26.5. The molecule has 4 rings (SSSR count). The second-order valence-corrected chi connectivity index (χ2v) is 9.27. The summed E-state index contributed by atoms with van der Waals surface area (Å²) in [7, 11) is 0. The number of esters is 1. The zero-order valence-electron chi connectivity index (χ0n) is 20.8. The molecule has 190 valence electrons. The van der Waals surface area contributed by atoms with Crippen LogP contribution >= 0.6 is 11.8 Å². The van der Waals surface area contributed by atoms with Crippen LogP contribution in [0.4, 0.5) is 0 Å². The van der Waals surface area contributed by atoms with E-state index in [0.717, 1.165) is 22.9 Å². The van der Waals surface area contributed by atoms with Crippen molar-refractivity contribution in [3.8, 4) is 11.8 Å². The Kier molecular flexibility index (Phi) is 8.41. The van der Waals surface area contributed by atoms with Gasteiger partial charge >= 0.3 is 5.97 Å². The minimum atomic E-state index is -0.769. The van der Waals surface area contributed by atoms with Gasteiger partial charge in [-0.3, -0.25) is 4.79 Å². The van der Waals surface area contributed by atoms with E-state index >= 15 is 0 Å². The highest BCUT2D eigenvalue weighted by atomic mass is 32.2. The molecular weight excluding hydrogens is 500 g/mol. The average molecular weight is 525 g/mol. The second-order valence-electron chi connectivity index (χ2n) is 8.24. The van der Waals surface area contributed by atoms with Gasteiger partial charge in [0.05, 0.1) is 23.1 Å². The van der Waals surface area contributed by atoms with Crippen LogP contribution in [0.5, 0.6) is 5.75 Å². The zero-order chi connectivity index (χ0) is 27.1. The van der Waals surface area contributed by atoms with Crippen molar-refractivity contribution in [1.29, 1.82) is 5.26 Å². The van der Waals surface area contributed by atoms with Gasteiger partial charge in [0.15, 0.2) is 0 Å². The van der Waals surface area contributed by atoms with Crippen LogP contribution in [0.3, 0.4) is 0 Å². The number of aryl methyl sites for hydroxylation is 1. The fraction of sp³-hybridized carbons (Fsp3) is 0.133. The van der Waals surface area contributed by atoms with Crippen LogP contribution in [0, 0.1) is 18.3 Å². The molecule has 7 nitrogen and oxygen atoms in total. The van der Waals surface area contributed by atoms with Gasteiger partial charge in [-0.05, 0) is 44.2 Å². The number of hydrogen-bond acceptors (Lipinski definition) is 7. The number of aliphatic hydroxyl groups is 1. The van der Waals surface area contributed by atoms with E-state index in [0.29, 0.717) is 27.3 Å². The van der Waals surface area contributed by atoms with E-state index in [1.807, 2.05) is 31.2 Å². The normalized spacial score (nSPS) is 15.0. The SMILES string of the molecule is CCOC(=O)C1=C(O)/C(=C/c2ccccc2OCc2ccccc2C#N)SC1=NC(=O)c1ccc(C)cc1. The smallest absolute Gasteiger partial charge is 0.344 e. The van der Waals surface area contributed by atoms with Crippen molar-refractivity contribution in [3.63, 3.8) is 0 Å². The van der Waals surface area contributed by atoms with Crippen molar-refractivity contribution in [1.82, 2.24) is 0 Å². The first-order chi connectivity index (χ1) is 18.4. The van der Waals surface area contributed by atoms with Crippen LogP contribution < -0.4 is 4.74 Å². The molecule has 0 fully saturated rings. The summed E-state index contributed by atoms with van der Waals surface area (Å²) in [6.45, 7) is 3.83. The van der Waals surface area contributed by atoms with Gasteiger partial charge in [-0.2, -0.15) is 5.26 Å². The van der Waals surface area contributed by atoms with Gasteiger partial charge in [-0.1, -0.05) is 65.9 Å². The summed E-state index contributed by atoms with van der Waals surface area (Å²) in [5.41, 5.74) is 3.09. The lowest BCUT2D eigenvalue weighted by atomic mass is 10.1. The Balaban J connectivity index is 1.66. The number of benzene rings is 3. The van der Waals surface area contributed by atoms with Crippen LogP contribution in [0.25, 0.3) is 6.08 Å². The summed E-state index contributed by atoms with van der Waals surface area (Å²) in [5.74, 6) is -1.12. The molecule has 0 unspecified atom stereocenters. The maximum atomic E-state index is 12.8. The molecule has 0 aliphatic carbocycles. The number of nitrogens with zero attached hydrogens (tertiary/aromatic N) is 2. The minimum Gasteiger partial charge on any atom is -0.506 e. The minimum absolute atomic E-state index is 0.0547. The molecule has 0 bridgehead atoms. The van der Waals surface area contributed by atoms with Gasteiger partial charge in [-0.25, -0.2) is 9.79 Å². The predicted octanol–water partition coefficient (Wildman–Crippen LogP) is 6.15. The topological polar surface area (TPSA) is 109 Å². The zero-order valence-corrected chi connectivity index (χ0v) is 21.6. The van der Waals surface area contributed by atoms with E-state index in [-0.39, 0.29) is 29.6 Å². The second kappa shape index (κ2) is 12.1. The molecule has 1 N–H and O–H groups in total. The Labute approximate surface area is 224 Å². The molecule has 1 aliphatic heterocycles.